The third-order valence-electron chi connectivity index (χ3n) is 3.22. The highest BCUT2D eigenvalue weighted by atomic mass is 14.2. The van der Waals surface area contributed by atoms with Crippen LogP contribution in [0.25, 0.3) is 12.2 Å². The van der Waals surface area contributed by atoms with Gasteiger partial charge >= 0.3 is 0 Å². The van der Waals surface area contributed by atoms with Crippen molar-refractivity contribution in [2.24, 2.45) is 0 Å². The molecule has 0 heteroatoms. The molecule has 2 aliphatic rings. The van der Waals surface area contributed by atoms with E-state index in [0.29, 0.717) is 0 Å². The van der Waals surface area contributed by atoms with Crippen molar-refractivity contribution in [1.82, 2.24) is 0 Å². The second kappa shape index (κ2) is 3.13. The lowest BCUT2D eigenvalue weighted by Crippen LogP contribution is -2.04. The summed E-state index contributed by atoms with van der Waals surface area (Å²) in [5.41, 5.74) is 6.11. The van der Waals surface area contributed by atoms with E-state index < -0.39 is 0 Å². The van der Waals surface area contributed by atoms with E-state index in [1.165, 1.54) is 36.8 Å². The van der Waals surface area contributed by atoms with Crippen LogP contribution in [0.4, 0.5) is 0 Å². The van der Waals surface area contributed by atoms with Crippen molar-refractivity contribution in [1.29, 1.82) is 0 Å². The van der Waals surface area contributed by atoms with Crippen LogP contribution in [-0.4, -0.2) is 0 Å². The third-order valence-corrected chi connectivity index (χ3v) is 3.22. The predicted octanol–water partition coefficient (Wildman–Crippen LogP) is 3.61. The quantitative estimate of drug-likeness (QED) is 0.575. The minimum absolute atomic E-state index is 1.22. The summed E-state index contributed by atoms with van der Waals surface area (Å²) in [5, 5.41) is 0. The second-order valence-corrected chi connectivity index (χ2v) is 4.08. The molecule has 70 valence electrons. The van der Waals surface area contributed by atoms with Crippen LogP contribution in [0, 0.1) is 0 Å². The lowest BCUT2D eigenvalue weighted by Gasteiger charge is -2.19. The van der Waals surface area contributed by atoms with Crippen LogP contribution in [0.5, 0.6) is 0 Å². The highest BCUT2D eigenvalue weighted by molar-refractivity contribution is 5.66. The average Bonchev–Trinajstić information content (AvgIpc) is 2.29. The molecule has 0 fully saturated rings. The summed E-state index contributed by atoms with van der Waals surface area (Å²) in [7, 11) is 0. The van der Waals surface area contributed by atoms with Gasteiger partial charge in [-0.05, 0) is 47.9 Å². The maximum Gasteiger partial charge on any atom is -0.0224 e. The summed E-state index contributed by atoms with van der Waals surface area (Å²) in [6.07, 6.45) is 14.0. The molecule has 0 unspecified atom stereocenters. The Labute approximate surface area is 85.0 Å². The number of benzene rings is 1. The molecule has 0 spiro atoms. The molecule has 0 nitrogen and oxygen atoms in total. The summed E-state index contributed by atoms with van der Waals surface area (Å²) in [5.74, 6) is 0. The fourth-order valence-corrected chi connectivity index (χ4v) is 2.51. The highest BCUT2D eigenvalue weighted by Crippen LogP contribution is 2.29. The van der Waals surface area contributed by atoms with Crippen molar-refractivity contribution < 1.29 is 0 Å². The molecule has 2 aliphatic carbocycles. The molecule has 0 heterocycles. The Balaban J connectivity index is 2.23. The summed E-state index contributed by atoms with van der Waals surface area (Å²) in [6.45, 7) is 0. The molecule has 0 radical (unpaired) electrons. The lowest BCUT2D eigenvalue weighted by molar-refractivity contribution is 0.906. The minimum atomic E-state index is 1.22. The maximum absolute atomic E-state index is 2.29. The van der Waals surface area contributed by atoms with Gasteiger partial charge in [-0.1, -0.05) is 36.4 Å². The van der Waals surface area contributed by atoms with E-state index in [1.54, 1.807) is 11.1 Å². The zero-order valence-electron chi connectivity index (χ0n) is 8.29. The van der Waals surface area contributed by atoms with Gasteiger partial charge in [-0.25, -0.2) is 0 Å². The summed E-state index contributed by atoms with van der Waals surface area (Å²) < 4.78 is 0. The van der Waals surface area contributed by atoms with E-state index in [9.17, 15) is 0 Å². The maximum atomic E-state index is 2.29. The first-order chi connectivity index (χ1) is 6.95. The van der Waals surface area contributed by atoms with Crippen molar-refractivity contribution >= 4 is 12.2 Å². The van der Waals surface area contributed by atoms with Gasteiger partial charge in [0.25, 0.3) is 0 Å². The summed E-state index contributed by atoms with van der Waals surface area (Å²) >= 11 is 0. The molecule has 0 atom stereocenters. The van der Waals surface area contributed by atoms with Gasteiger partial charge in [0, 0.05) is 0 Å². The van der Waals surface area contributed by atoms with Crippen molar-refractivity contribution in [3.63, 3.8) is 0 Å². The monoisotopic (exact) mass is 182 g/mol. The number of fused-ring (bicyclic) bond motifs is 3. The molecule has 1 aromatic carbocycles. The third kappa shape index (κ3) is 1.14. The Kier molecular flexibility index (Phi) is 1.80. The molecule has 0 amide bonds. The smallest absolute Gasteiger partial charge is 0.0224 e. The van der Waals surface area contributed by atoms with Gasteiger partial charge < -0.3 is 0 Å². The Bertz CT molecular complexity index is 381. The molecule has 1 aromatic rings. The normalized spacial score (nSPS) is 17.7. The van der Waals surface area contributed by atoms with E-state index in [2.05, 4.69) is 36.4 Å². The van der Waals surface area contributed by atoms with E-state index in [1.807, 2.05) is 0 Å². The highest BCUT2D eigenvalue weighted by Gasteiger charge is 2.13. The first-order valence-corrected chi connectivity index (χ1v) is 5.43. The van der Waals surface area contributed by atoms with Gasteiger partial charge in [0.05, 0.1) is 0 Å². The summed E-state index contributed by atoms with van der Waals surface area (Å²) in [6, 6.07) is 4.53. The van der Waals surface area contributed by atoms with Crippen LogP contribution >= 0.6 is 0 Å². The van der Waals surface area contributed by atoms with Crippen LogP contribution in [0.15, 0.2) is 24.3 Å². The van der Waals surface area contributed by atoms with Gasteiger partial charge in [0.15, 0.2) is 0 Å². The molecule has 3 rings (SSSR count). The van der Waals surface area contributed by atoms with Crippen molar-refractivity contribution in [3.8, 4) is 0 Å². The summed E-state index contributed by atoms with van der Waals surface area (Å²) in [4.78, 5) is 0. The fourth-order valence-electron chi connectivity index (χ4n) is 2.51. The Morgan fingerprint density at radius 2 is 1.21 bits per heavy atom. The molecular formula is C14H14. The average molecular weight is 182 g/mol. The molecular weight excluding hydrogens is 168 g/mol. The van der Waals surface area contributed by atoms with Crippen molar-refractivity contribution in [3.05, 3.63) is 46.5 Å². The van der Waals surface area contributed by atoms with Crippen LogP contribution in [-0.2, 0) is 12.8 Å². The second-order valence-electron chi connectivity index (χ2n) is 4.08. The van der Waals surface area contributed by atoms with E-state index in [0.717, 1.165) is 0 Å². The number of hydrogen-bond acceptors (Lipinski definition) is 0. The van der Waals surface area contributed by atoms with Gasteiger partial charge in [0.2, 0.25) is 0 Å². The van der Waals surface area contributed by atoms with Crippen LogP contribution < -0.4 is 0 Å². The van der Waals surface area contributed by atoms with Crippen LogP contribution in [0.1, 0.15) is 35.1 Å². The first kappa shape index (κ1) is 8.05. The zero-order valence-corrected chi connectivity index (χ0v) is 8.29. The van der Waals surface area contributed by atoms with Gasteiger partial charge in [-0.15, -0.1) is 0 Å². The predicted molar refractivity (Wildman–Crippen MR) is 61.2 cm³/mol. The number of allylic oxidation sites excluding steroid dienone is 2. The van der Waals surface area contributed by atoms with E-state index >= 15 is 0 Å². The molecule has 0 saturated heterocycles. The van der Waals surface area contributed by atoms with Crippen LogP contribution in [0.2, 0.25) is 0 Å². The largest absolute Gasteiger partial charge is 0.0836 e. The van der Waals surface area contributed by atoms with Crippen molar-refractivity contribution in [2.45, 2.75) is 25.7 Å². The molecule has 0 N–H and O–H groups in total. The molecule has 0 aromatic heterocycles. The number of hydrogen-bond donors (Lipinski definition) is 0. The topological polar surface area (TPSA) is 0 Å². The standard InChI is InChI=1S/C14H14/c1-3-7-13-11(5-1)9-10-12-6-2-4-8-14(12)13/h1-2,5-6,9-10H,3-4,7-8H2. The van der Waals surface area contributed by atoms with Crippen LogP contribution in [0.3, 0.4) is 0 Å². The molecule has 0 saturated carbocycles. The molecule has 14 heavy (non-hydrogen) atoms. The first-order valence-electron chi connectivity index (χ1n) is 5.43. The van der Waals surface area contributed by atoms with Crippen molar-refractivity contribution in [2.75, 3.05) is 0 Å². The Morgan fingerprint density at radius 3 is 1.71 bits per heavy atom. The SMILES string of the molecule is C1=Cc2ccc3c(c2CC1)CCC=C3. The van der Waals surface area contributed by atoms with E-state index in [-0.39, 0.29) is 0 Å². The van der Waals surface area contributed by atoms with Gasteiger partial charge in [-0.2, -0.15) is 0 Å². The van der Waals surface area contributed by atoms with Gasteiger partial charge in [-0.3, -0.25) is 0 Å². The minimum Gasteiger partial charge on any atom is -0.0836 e. The number of rotatable bonds is 0. The Hall–Kier alpha value is -1.30. The Morgan fingerprint density at radius 1 is 0.714 bits per heavy atom. The van der Waals surface area contributed by atoms with Gasteiger partial charge in [0.1, 0.15) is 0 Å². The fraction of sp³-hybridized carbons (Fsp3) is 0.286. The molecule has 0 bridgehead atoms. The van der Waals surface area contributed by atoms with E-state index in [4.69, 9.17) is 0 Å². The molecule has 0 aliphatic heterocycles. The lowest BCUT2D eigenvalue weighted by atomic mass is 9.85. The zero-order chi connectivity index (χ0) is 9.38.